The minimum Gasteiger partial charge on any atom is -1.00 e. The van der Waals surface area contributed by atoms with Crippen LogP contribution in [0.5, 0.6) is 11.5 Å². The van der Waals surface area contributed by atoms with Gasteiger partial charge in [0.05, 0.1) is 26.1 Å². The Labute approximate surface area is 188 Å². The fraction of sp³-hybridized carbons (Fsp3) is 0.409. The van der Waals surface area contributed by atoms with Gasteiger partial charge < -0.3 is 33.5 Å². The summed E-state index contributed by atoms with van der Waals surface area (Å²) in [5.74, 6) is 2.08. The standard InChI is InChI=1S/C22H25ClNO3.HI/c1-14(2)22(25)26-13-24(3)11-18-16-6-4-5-7-20(16)27-21-9-8-15(23)10-17(21)19(18)12-24;/h4-10,14,18-19H,11-13H2,1-3H3;1H/q+1;/p-1. The number of benzene rings is 2. The van der Waals surface area contributed by atoms with Gasteiger partial charge in [-0.15, -0.1) is 0 Å². The predicted molar refractivity (Wildman–Crippen MR) is 105 cm³/mol. The highest BCUT2D eigenvalue weighted by Gasteiger charge is 2.48. The summed E-state index contributed by atoms with van der Waals surface area (Å²) >= 11 is 6.31. The number of halogens is 2. The summed E-state index contributed by atoms with van der Waals surface area (Å²) in [5.41, 5.74) is 2.35. The Morgan fingerprint density at radius 2 is 1.79 bits per heavy atom. The number of carbonyl (C=O) groups is 1. The number of likely N-dealkylation sites (tertiary alicyclic amines) is 1. The number of hydrogen-bond donors (Lipinski definition) is 0. The van der Waals surface area contributed by atoms with Gasteiger partial charge in [0.25, 0.3) is 0 Å². The summed E-state index contributed by atoms with van der Waals surface area (Å²) in [6.45, 7) is 5.89. The zero-order chi connectivity index (χ0) is 19.2. The highest BCUT2D eigenvalue weighted by atomic mass is 127. The number of carbonyl (C=O) groups excluding carboxylic acids is 1. The Balaban J connectivity index is 0.00000225. The van der Waals surface area contributed by atoms with Gasteiger partial charge in [0.15, 0.2) is 0 Å². The number of esters is 1. The maximum Gasteiger partial charge on any atom is 0.312 e. The SMILES string of the molecule is CC(C)C(=O)OC[N+]1(C)CC2c3ccccc3Oc3ccc(Cl)cc3C2C1.[I-]. The average molecular weight is 514 g/mol. The Kier molecular flexibility index (Phi) is 6.27. The van der Waals surface area contributed by atoms with Crippen molar-refractivity contribution in [3.63, 3.8) is 0 Å². The van der Waals surface area contributed by atoms with Crippen LogP contribution >= 0.6 is 11.6 Å². The van der Waals surface area contributed by atoms with Crippen molar-refractivity contribution in [3.8, 4) is 11.5 Å². The molecule has 0 N–H and O–H groups in total. The topological polar surface area (TPSA) is 35.5 Å². The molecule has 2 heterocycles. The normalized spacial score (nSPS) is 24.9. The molecule has 150 valence electrons. The summed E-state index contributed by atoms with van der Waals surface area (Å²) in [4.78, 5) is 12.0. The molecule has 6 heteroatoms. The van der Waals surface area contributed by atoms with E-state index >= 15 is 0 Å². The minimum atomic E-state index is -0.145. The van der Waals surface area contributed by atoms with Crippen LogP contribution in [0.1, 0.15) is 36.8 Å². The van der Waals surface area contributed by atoms with E-state index in [1.54, 1.807) is 0 Å². The number of nitrogens with zero attached hydrogens (tertiary/aromatic N) is 1. The molecule has 28 heavy (non-hydrogen) atoms. The van der Waals surface area contributed by atoms with Gasteiger partial charge in [0, 0.05) is 28.0 Å². The molecule has 1 saturated heterocycles. The van der Waals surface area contributed by atoms with E-state index < -0.39 is 0 Å². The third kappa shape index (κ3) is 4.02. The summed E-state index contributed by atoms with van der Waals surface area (Å²) in [6.07, 6.45) is 0. The Bertz CT molecular complexity index is 888. The molecule has 0 bridgehead atoms. The van der Waals surface area contributed by atoms with Gasteiger partial charge in [-0.2, -0.15) is 0 Å². The van der Waals surface area contributed by atoms with E-state index in [9.17, 15) is 4.79 Å². The van der Waals surface area contributed by atoms with Crippen molar-refractivity contribution in [1.82, 2.24) is 0 Å². The van der Waals surface area contributed by atoms with Crippen LogP contribution in [0.2, 0.25) is 5.02 Å². The molecule has 0 spiro atoms. The summed E-state index contributed by atoms with van der Waals surface area (Å²) in [5, 5.41) is 0.717. The number of ether oxygens (including phenoxy) is 2. The van der Waals surface area contributed by atoms with Crippen LogP contribution in [0.4, 0.5) is 0 Å². The lowest BCUT2D eigenvalue weighted by Crippen LogP contribution is -3.00. The fourth-order valence-corrected chi connectivity index (χ4v) is 4.48. The molecule has 0 amide bonds. The van der Waals surface area contributed by atoms with E-state index in [-0.39, 0.29) is 41.8 Å². The van der Waals surface area contributed by atoms with Crippen molar-refractivity contribution in [2.24, 2.45) is 5.92 Å². The molecule has 4 nitrogen and oxygen atoms in total. The summed E-state index contributed by atoms with van der Waals surface area (Å²) in [7, 11) is 2.16. The number of para-hydroxylation sites is 1. The van der Waals surface area contributed by atoms with E-state index in [0.29, 0.717) is 17.1 Å². The van der Waals surface area contributed by atoms with E-state index in [2.05, 4.69) is 19.2 Å². The molecule has 3 atom stereocenters. The highest BCUT2D eigenvalue weighted by molar-refractivity contribution is 6.30. The molecule has 4 rings (SSSR count). The van der Waals surface area contributed by atoms with Gasteiger partial charge in [0.1, 0.15) is 11.5 Å². The molecular weight excluding hydrogens is 489 g/mol. The van der Waals surface area contributed by atoms with E-state index in [4.69, 9.17) is 21.1 Å². The number of likely N-dealkylation sites (N-methyl/N-ethyl adjacent to an activating group) is 1. The zero-order valence-corrected chi connectivity index (χ0v) is 19.2. The molecule has 3 unspecified atom stereocenters. The van der Waals surface area contributed by atoms with Crippen molar-refractivity contribution in [2.75, 3.05) is 26.9 Å². The Morgan fingerprint density at radius 3 is 2.50 bits per heavy atom. The Morgan fingerprint density at radius 1 is 1.14 bits per heavy atom. The second-order valence-corrected chi connectivity index (χ2v) is 8.70. The van der Waals surface area contributed by atoms with Crippen LogP contribution in [0.3, 0.4) is 0 Å². The summed E-state index contributed by atoms with van der Waals surface area (Å²) in [6, 6.07) is 14.1. The number of hydrogen-bond acceptors (Lipinski definition) is 3. The lowest BCUT2D eigenvalue weighted by molar-refractivity contribution is -0.915. The molecule has 2 aromatic rings. The smallest absolute Gasteiger partial charge is 0.312 e. The van der Waals surface area contributed by atoms with Crippen LogP contribution in [0.25, 0.3) is 0 Å². The average Bonchev–Trinajstić information content (AvgIpc) is 2.94. The van der Waals surface area contributed by atoms with Crippen LogP contribution in [0.15, 0.2) is 42.5 Å². The van der Waals surface area contributed by atoms with Gasteiger partial charge in [0.2, 0.25) is 6.73 Å². The highest BCUT2D eigenvalue weighted by Crippen LogP contribution is 2.51. The van der Waals surface area contributed by atoms with Crippen molar-refractivity contribution in [2.45, 2.75) is 25.7 Å². The molecular formula is C22H25ClINO3. The van der Waals surface area contributed by atoms with Gasteiger partial charge >= 0.3 is 5.97 Å². The van der Waals surface area contributed by atoms with Gasteiger partial charge in [-0.05, 0) is 24.3 Å². The van der Waals surface area contributed by atoms with Crippen molar-refractivity contribution >= 4 is 17.6 Å². The Hall–Kier alpha value is -1.31. The van der Waals surface area contributed by atoms with E-state index in [0.717, 1.165) is 35.2 Å². The third-order valence-corrected chi connectivity index (χ3v) is 5.90. The largest absolute Gasteiger partial charge is 1.00 e. The maximum atomic E-state index is 12.0. The van der Waals surface area contributed by atoms with Crippen molar-refractivity contribution in [1.29, 1.82) is 0 Å². The van der Waals surface area contributed by atoms with Crippen molar-refractivity contribution < 1.29 is 42.7 Å². The van der Waals surface area contributed by atoms with Crippen LogP contribution in [0, 0.1) is 5.92 Å². The number of fused-ring (bicyclic) bond motifs is 5. The summed E-state index contributed by atoms with van der Waals surface area (Å²) < 4.78 is 12.5. The first kappa shape index (κ1) is 21.4. The van der Waals surface area contributed by atoms with Crippen LogP contribution in [-0.2, 0) is 9.53 Å². The molecule has 0 aromatic heterocycles. The third-order valence-electron chi connectivity index (χ3n) is 5.66. The first-order valence-corrected chi connectivity index (χ1v) is 9.80. The second kappa shape index (κ2) is 8.20. The molecule has 0 saturated carbocycles. The van der Waals surface area contributed by atoms with Gasteiger partial charge in [-0.25, -0.2) is 0 Å². The predicted octanol–water partition coefficient (Wildman–Crippen LogP) is 1.93. The van der Waals surface area contributed by atoms with Crippen molar-refractivity contribution in [3.05, 3.63) is 58.6 Å². The lowest BCUT2D eigenvalue weighted by atomic mass is 9.84. The first-order chi connectivity index (χ1) is 12.9. The fourth-order valence-electron chi connectivity index (χ4n) is 4.30. The number of rotatable bonds is 3. The van der Waals surface area contributed by atoms with Gasteiger partial charge in [-0.1, -0.05) is 43.6 Å². The van der Waals surface area contributed by atoms with Crippen LogP contribution in [-0.4, -0.2) is 37.3 Å². The molecule has 1 fully saturated rings. The molecule has 2 aliphatic heterocycles. The maximum absolute atomic E-state index is 12.0. The molecule has 0 radical (unpaired) electrons. The quantitative estimate of drug-likeness (QED) is 0.358. The minimum absolute atomic E-state index is 0. The molecule has 2 aromatic carbocycles. The number of quaternary nitrogens is 1. The van der Waals surface area contributed by atoms with Crippen LogP contribution < -0.4 is 28.7 Å². The first-order valence-electron chi connectivity index (χ1n) is 9.43. The second-order valence-electron chi connectivity index (χ2n) is 8.27. The van der Waals surface area contributed by atoms with Gasteiger partial charge in [-0.3, -0.25) is 9.28 Å². The van der Waals surface area contributed by atoms with E-state index in [1.165, 1.54) is 5.56 Å². The molecule has 2 aliphatic rings. The lowest BCUT2D eigenvalue weighted by Gasteiger charge is -2.29. The monoisotopic (exact) mass is 513 g/mol. The molecule has 0 aliphatic carbocycles. The zero-order valence-electron chi connectivity index (χ0n) is 16.3. The van der Waals surface area contributed by atoms with E-state index in [1.807, 2.05) is 44.2 Å².